The fourth-order valence-corrected chi connectivity index (χ4v) is 4.16. The number of nitrogens with two attached hydrogens (primary N) is 1. The van der Waals surface area contributed by atoms with E-state index < -0.39 is 5.66 Å². The van der Waals surface area contributed by atoms with Crippen LogP contribution in [0.1, 0.15) is 22.3 Å². The van der Waals surface area contributed by atoms with E-state index in [1.165, 1.54) is 22.3 Å². The molecule has 0 saturated heterocycles. The highest BCUT2D eigenvalue weighted by atomic mass is 15.3. The van der Waals surface area contributed by atoms with E-state index in [-0.39, 0.29) is 0 Å². The van der Waals surface area contributed by atoms with E-state index in [0.717, 1.165) is 25.9 Å². The van der Waals surface area contributed by atoms with Crippen molar-refractivity contribution in [2.24, 2.45) is 5.73 Å². The van der Waals surface area contributed by atoms with Crippen LogP contribution in [-0.4, -0.2) is 10.6 Å². The van der Waals surface area contributed by atoms with Gasteiger partial charge in [0.15, 0.2) is 0 Å². The molecule has 0 saturated carbocycles. The van der Waals surface area contributed by atoms with Crippen molar-refractivity contribution in [3.05, 3.63) is 144 Å². The summed E-state index contributed by atoms with van der Waals surface area (Å²) in [5, 5.41) is 0. The molecule has 0 unspecified atom stereocenters. The predicted molar refractivity (Wildman–Crippen MR) is 129 cm³/mol. The number of rotatable bonds is 9. The van der Waals surface area contributed by atoms with Crippen LogP contribution in [0.5, 0.6) is 0 Å². The Morgan fingerprint density at radius 3 is 1.06 bits per heavy atom. The lowest BCUT2D eigenvalue weighted by Gasteiger charge is -2.42. The highest BCUT2D eigenvalue weighted by Crippen LogP contribution is 2.26. The van der Waals surface area contributed by atoms with Gasteiger partial charge in [0.25, 0.3) is 0 Å². The fourth-order valence-electron chi connectivity index (χ4n) is 4.16. The molecule has 0 fully saturated rings. The molecule has 0 atom stereocenters. The second kappa shape index (κ2) is 10.2. The molecule has 0 heterocycles. The maximum absolute atomic E-state index is 7.33. The first-order valence-electron chi connectivity index (χ1n) is 10.9. The van der Waals surface area contributed by atoms with Crippen LogP contribution in [0.3, 0.4) is 0 Å². The Bertz CT molecular complexity index is 948. The molecular formula is C29H30N2. The van der Waals surface area contributed by atoms with Crippen molar-refractivity contribution in [3.63, 3.8) is 0 Å². The van der Waals surface area contributed by atoms with E-state index in [9.17, 15) is 0 Å². The number of benzene rings is 4. The van der Waals surface area contributed by atoms with Gasteiger partial charge in [-0.2, -0.15) is 0 Å². The van der Waals surface area contributed by atoms with Crippen LogP contribution < -0.4 is 5.73 Å². The van der Waals surface area contributed by atoms with Crippen LogP contribution in [0.25, 0.3) is 0 Å². The Morgan fingerprint density at radius 1 is 0.452 bits per heavy atom. The van der Waals surface area contributed by atoms with Crippen LogP contribution in [0.4, 0.5) is 0 Å². The smallest absolute Gasteiger partial charge is 0.0775 e. The Balaban J connectivity index is 1.71. The minimum absolute atomic E-state index is 0.533. The third-order valence-electron chi connectivity index (χ3n) is 5.77. The molecule has 0 radical (unpaired) electrons. The van der Waals surface area contributed by atoms with Crippen LogP contribution in [0.15, 0.2) is 121 Å². The van der Waals surface area contributed by atoms with E-state index in [1.807, 2.05) is 0 Å². The first-order valence-corrected chi connectivity index (χ1v) is 10.9. The standard InChI is InChI=1S/C29H30N2/c30-29(21-25-13-5-1-6-14-25,22-26-15-7-2-8-16-26)31(23-27-17-9-3-10-18-27)24-28-19-11-4-12-20-28/h1-20H,21-24,30H2. The summed E-state index contributed by atoms with van der Waals surface area (Å²) in [6.07, 6.45) is 1.56. The number of hydrogen-bond acceptors (Lipinski definition) is 2. The van der Waals surface area contributed by atoms with Crippen molar-refractivity contribution < 1.29 is 0 Å². The monoisotopic (exact) mass is 406 g/mol. The first-order chi connectivity index (χ1) is 15.2. The molecular weight excluding hydrogens is 376 g/mol. The molecule has 156 valence electrons. The number of nitrogens with zero attached hydrogens (tertiary/aromatic N) is 1. The lowest BCUT2D eigenvalue weighted by Crippen LogP contribution is -2.58. The zero-order valence-corrected chi connectivity index (χ0v) is 17.9. The average molecular weight is 407 g/mol. The van der Waals surface area contributed by atoms with E-state index in [0.29, 0.717) is 0 Å². The lowest BCUT2D eigenvalue weighted by molar-refractivity contribution is 0.0739. The van der Waals surface area contributed by atoms with Gasteiger partial charge in [-0.1, -0.05) is 121 Å². The highest BCUT2D eigenvalue weighted by Gasteiger charge is 2.33. The Labute approximate surface area is 186 Å². The van der Waals surface area contributed by atoms with Crippen LogP contribution in [0.2, 0.25) is 0 Å². The lowest BCUT2D eigenvalue weighted by atomic mass is 9.90. The van der Waals surface area contributed by atoms with Crippen LogP contribution >= 0.6 is 0 Å². The van der Waals surface area contributed by atoms with Gasteiger partial charge in [-0.3, -0.25) is 4.90 Å². The van der Waals surface area contributed by atoms with Gasteiger partial charge in [0.1, 0.15) is 0 Å². The van der Waals surface area contributed by atoms with E-state index in [4.69, 9.17) is 5.73 Å². The molecule has 0 amide bonds. The maximum atomic E-state index is 7.33. The molecule has 2 nitrogen and oxygen atoms in total. The van der Waals surface area contributed by atoms with Gasteiger partial charge in [-0.25, -0.2) is 0 Å². The summed E-state index contributed by atoms with van der Waals surface area (Å²) in [5.41, 5.74) is 11.9. The van der Waals surface area contributed by atoms with Crippen LogP contribution in [-0.2, 0) is 25.9 Å². The van der Waals surface area contributed by atoms with E-state index >= 15 is 0 Å². The molecule has 0 bridgehead atoms. The molecule has 31 heavy (non-hydrogen) atoms. The second-order valence-corrected chi connectivity index (χ2v) is 8.26. The van der Waals surface area contributed by atoms with E-state index in [2.05, 4.69) is 126 Å². The van der Waals surface area contributed by atoms with Crippen LogP contribution in [0, 0.1) is 0 Å². The molecule has 0 aliphatic heterocycles. The van der Waals surface area contributed by atoms with E-state index in [1.54, 1.807) is 0 Å². The second-order valence-electron chi connectivity index (χ2n) is 8.26. The molecule has 0 aliphatic rings. The summed E-state index contributed by atoms with van der Waals surface area (Å²) in [6, 6.07) is 42.5. The average Bonchev–Trinajstić information content (AvgIpc) is 2.81. The number of hydrogen-bond donors (Lipinski definition) is 1. The third kappa shape index (κ3) is 5.91. The van der Waals surface area contributed by atoms with Crippen molar-refractivity contribution >= 4 is 0 Å². The Kier molecular flexibility index (Phi) is 6.93. The van der Waals surface area contributed by atoms with Crippen molar-refractivity contribution in [1.82, 2.24) is 4.90 Å². The van der Waals surface area contributed by atoms with Gasteiger partial charge in [-0.05, 0) is 22.3 Å². The van der Waals surface area contributed by atoms with Crippen molar-refractivity contribution in [2.45, 2.75) is 31.6 Å². The minimum Gasteiger partial charge on any atom is -0.313 e. The van der Waals surface area contributed by atoms with Gasteiger partial charge in [0.2, 0.25) is 0 Å². The van der Waals surface area contributed by atoms with Gasteiger partial charge in [0, 0.05) is 25.9 Å². The van der Waals surface area contributed by atoms with Gasteiger partial charge in [0.05, 0.1) is 5.66 Å². The molecule has 2 N–H and O–H groups in total. The highest BCUT2D eigenvalue weighted by molar-refractivity contribution is 5.24. The third-order valence-corrected chi connectivity index (χ3v) is 5.77. The fraction of sp³-hybridized carbons (Fsp3) is 0.172. The molecule has 0 aromatic heterocycles. The molecule has 2 heteroatoms. The van der Waals surface area contributed by atoms with Crippen molar-refractivity contribution in [1.29, 1.82) is 0 Å². The first kappa shape index (κ1) is 21.0. The zero-order chi connectivity index (χ0) is 21.4. The minimum atomic E-state index is -0.533. The normalized spacial score (nSPS) is 11.5. The summed E-state index contributed by atoms with van der Waals surface area (Å²) in [7, 11) is 0. The largest absolute Gasteiger partial charge is 0.313 e. The molecule has 4 rings (SSSR count). The van der Waals surface area contributed by atoms with Crippen molar-refractivity contribution in [3.8, 4) is 0 Å². The zero-order valence-electron chi connectivity index (χ0n) is 17.9. The molecule has 0 spiro atoms. The van der Waals surface area contributed by atoms with Gasteiger partial charge in [-0.15, -0.1) is 0 Å². The summed E-state index contributed by atoms with van der Waals surface area (Å²) >= 11 is 0. The summed E-state index contributed by atoms with van der Waals surface area (Å²) in [4.78, 5) is 2.44. The summed E-state index contributed by atoms with van der Waals surface area (Å²) < 4.78 is 0. The SMILES string of the molecule is NC(Cc1ccccc1)(Cc1ccccc1)N(Cc1ccccc1)Cc1ccccc1. The van der Waals surface area contributed by atoms with Gasteiger partial charge >= 0.3 is 0 Å². The quantitative estimate of drug-likeness (QED) is 0.354. The summed E-state index contributed by atoms with van der Waals surface area (Å²) in [5.74, 6) is 0. The van der Waals surface area contributed by atoms with Gasteiger partial charge < -0.3 is 5.73 Å². The topological polar surface area (TPSA) is 29.3 Å². The predicted octanol–water partition coefficient (Wildman–Crippen LogP) is 5.83. The molecule has 4 aromatic rings. The maximum Gasteiger partial charge on any atom is 0.0775 e. The summed E-state index contributed by atoms with van der Waals surface area (Å²) in [6.45, 7) is 1.60. The Hall–Kier alpha value is -3.20. The Morgan fingerprint density at radius 2 is 0.742 bits per heavy atom. The molecule has 0 aliphatic carbocycles. The molecule has 4 aromatic carbocycles. The van der Waals surface area contributed by atoms with Crippen molar-refractivity contribution in [2.75, 3.05) is 0 Å².